The molecule has 1 aliphatic heterocycles. The van der Waals surface area contributed by atoms with Gasteiger partial charge in [-0.25, -0.2) is 0 Å². The zero-order chi connectivity index (χ0) is 9.19. The molecule has 1 fully saturated rings. The molecular weight excluding hydrogens is 168 g/mol. The summed E-state index contributed by atoms with van der Waals surface area (Å²) in [5, 5.41) is 0.568. The van der Waals surface area contributed by atoms with Gasteiger partial charge in [0.15, 0.2) is 5.11 Å². The molecule has 0 spiro atoms. The highest BCUT2D eigenvalue weighted by molar-refractivity contribution is 7.80. The summed E-state index contributed by atoms with van der Waals surface area (Å²) < 4.78 is 0. The van der Waals surface area contributed by atoms with Gasteiger partial charge in [0, 0.05) is 13.1 Å². The molecule has 12 heavy (non-hydrogen) atoms. The molecule has 0 aromatic heterocycles. The Morgan fingerprint density at radius 3 is 2.33 bits per heavy atom. The molecule has 0 amide bonds. The van der Waals surface area contributed by atoms with E-state index in [1.54, 1.807) is 0 Å². The normalized spacial score (nSPS) is 21.3. The lowest BCUT2D eigenvalue weighted by atomic mass is 9.82. The zero-order valence-corrected chi connectivity index (χ0v) is 8.78. The Morgan fingerprint density at radius 1 is 1.50 bits per heavy atom. The van der Waals surface area contributed by atoms with Crippen LogP contribution in [0.4, 0.5) is 0 Å². The highest BCUT2D eigenvalue weighted by Gasteiger charge is 2.35. The van der Waals surface area contributed by atoms with Crippen LogP contribution < -0.4 is 5.73 Å². The number of hydrogen-bond donors (Lipinski definition) is 1. The molecule has 0 aromatic carbocycles. The molecule has 1 saturated heterocycles. The quantitative estimate of drug-likeness (QED) is 0.666. The summed E-state index contributed by atoms with van der Waals surface area (Å²) in [6.07, 6.45) is 3.72. The Labute approximate surface area is 80.1 Å². The van der Waals surface area contributed by atoms with Crippen LogP contribution in [0.25, 0.3) is 0 Å². The Balaban J connectivity index is 2.58. The van der Waals surface area contributed by atoms with Crippen molar-refractivity contribution in [1.29, 1.82) is 0 Å². The van der Waals surface area contributed by atoms with E-state index in [4.69, 9.17) is 18.0 Å². The van der Waals surface area contributed by atoms with Crippen molar-refractivity contribution in [3.8, 4) is 0 Å². The van der Waals surface area contributed by atoms with E-state index in [0.29, 0.717) is 10.5 Å². The SMILES string of the molecule is CCC1(CC)CCN(C(N)=S)C1. The van der Waals surface area contributed by atoms with Crippen LogP contribution in [-0.2, 0) is 0 Å². The van der Waals surface area contributed by atoms with Gasteiger partial charge in [0.1, 0.15) is 0 Å². The highest BCUT2D eigenvalue weighted by atomic mass is 32.1. The van der Waals surface area contributed by atoms with E-state index in [1.165, 1.54) is 19.3 Å². The van der Waals surface area contributed by atoms with Gasteiger partial charge < -0.3 is 10.6 Å². The standard InChI is InChI=1S/C9H18N2S/c1-3-9(4-2)5-6-11(7-9)8(10)12/h3-7H2,1-2H3,(H2,10,12). The number of rotatable bonds is 2. The van der Waals surface area contributed by atoms with Crippen LogP contribution in [0, 0.1) is 5.41 Å². The minimum atomic E-state index is 0.490. The maximum Gasteiger partial charge on any atom is 0.166 e. The Kier molecular flexibility index (Phi) is 2.94. The van der Waals surface area contributed by atoms with E-state index in [-0.39, 0.29) is 0 Å². The molecule has 2 N–H and O–H groups in total. The monoisotopic (exact) mass is 186 g/mol. The molecule has 0 aliphatic carbocycles. The van der Waals surface area contributed by atoms with Gasteiger partial charge in [-0.3, -0.25) is 0 Å². The Hall–Kier alpha value is -0.310. The van der Waals surface area contributed by atoms with Crippen LogP contribution in [0.15, 0.2) is 0 Å². The summed E-state index contributed by atoms with van der Waals surface area (Å²) in [5.74, 6) is 0. The van der Waals surface area contributed by atoms with Gasteiger partial charge in [0.25, 0.3) is 0 Å². The Bertz CT molecular complexity index is 175. The van der Waals surface area contributed by atoms with Crippen molar-refractivity contribution < 1.29 is 0 Å². The third-order valence-corrected chi connectivity index (χ3v) is 3.51. The first kappa shape index (κ1) is 9.78. The fourth-order valence-corrected chi connectivity index (χ4v) is 2.11. The van der Waals surface area contributed by atoms with Gasteiger partial charge in [-0.1, -0.05) is 13.8 Å². The maximum atomic E-state index is 5.59. The second-order valence-corrected chi connectivity index (χ2v) is 4.14. The third-order valence-electron chi connectivity index (χ3n) is 3.25. The van der Waals surface area contributed by atoms with Crippen LogP contribution in [0.3, 0.4) is 0 Å². The van der Waals surface area contributed by atoms with Crippen molar-refractivity contribution in [3.05, 3.63) is 0 Å². The summed E-state index contributed by atoms with van der Waals surface area (Å²) in [6.45, 7) is 6.63. The molecule has 2 nitrogen and oxygen atoms in total. The van der Waals surface area contributed by atoms with Crippen LogP contribution in [-0.4, -0.2) is 23.1 Å². The number of nitrogens with zero attached hydrogens (tertiary/aromatic N) is 1. The molecule has 0 saturated carbocycles. The summed E-state index contributed by atoms with van der Waals surface area (Å²) >= 11 is 4.96. The van der Waals surface area contributed by atoms with Gasteiger partial charge >= 0.3 is 0 Å². The highest BCUT2D eigenvalue weighted by Crippen LogP contribution is 2.36. The van der Waals surface area contributed by atoms with E-state index in [2.05, 4.69) is 18.7 Å². The van der Waals surface area contributed by atoms with Gasteiger partial charge in [-0.2, -0.15) is 0 Å². The van der Waals surface area contributed by atoms with Crippen LogP contribution >= 0.6 is 12.2 Å². The number of nitrogens with two attached hydrogens (primary N) is 1. The van der Waals surface area contributed by atoms with Crippen molar-refractivity contribution in [2.24, 2.45) is 11.1 Å². The molecular formula is C9H18N2S. The third kappa shape index (κ3) is 1.71. The first-order chi connectivity index (χ1) is 5.63. The second-order valence-electron chi connectivity index (χ2n) is 3.72. The van der Waals surface area contributed by atoms with Crippen molar-refractivity contribution in [2.75, 3.05) is 13.1 Å². The minimum Gasteiger partial charge on any atom is -0.376 e. The predicted molar refractivity (Wildman–Crippen MR) is 56.0 cm³/mol. The topological polar surface area (TPSA) is 29.3 Å². The summed E-state index contributed by atoms with van der Waals surface area (Å²) in [4.78, 5) is 2.13. The van der Waals surface area contributed by atoms with E-state index in [1.807, 2.05) is 0 Å². The van der Waals surface area contributed by atoms with Crippen molar-refractivity contribution in [3.63, 3.8) is 0 Å². The van der Waals surface area contributed by atoms with Crippen molar-refractivity contribution in [2.45, 2.75) is 33.1 Å². The smallest absolute Gasteiger partial charge is 0.166 e. The van der Waals surface area contributed by atoms with Crippen LogP contribution in [0.2, 0.25) is 0 Å². The van der Waals surface area contributed by atoms with E-state index < -0.39 is 0 Å². The van der Waals surface area contributed by atoms with E-state index >= 15 is 0 Å². The van der Waals surface area contributed by atoms with Gasteiger partial charge in [0.2, 0.25) is 0 Å². The molecule has 0 bridgehead atoms. The lowest BCUT2D eigenvalue weighted by molar-refractivity contribution is 0.278. The molecule has 3 heteroatoms. The molecule has 0 atom stereocenters. The summed E-state index contributed by atoms with van der Waals surface area (Å²) in [5.41, 5.74) is 6.08. The number of hydrogen-bond acceptors (Lipinski definition) is 1. The van der Waals surface area contributed by atoms with E-state index in [0.717, 1.165) is 13.1 Å². The average Bonchev–Trinajstić information content (AvgIpc) is 2.49. The molecule has 0 radical (unpaired) electrons. The fraction of sp³-hybridized carbons (Fsp3) is 0.889. The molecule has 70 valence electrons. The van der Waals surface area contributed by atoms with Gasteiger partial charge in [-0.15, -0.1) is 0 Å². The maximum absolute atomic E-state index is 5.59. The second kappa shape index (κ2) is 3.60. The first-order valence-corrected chi connectivity index (χ1v) is 5.09. The van der Waals surface area contributed by atoms with Crippen LogP contribution in [0.1, 0.15) is 33.1 Å². The zero-order valence-electron chi connectivity index (χ0n) is 7.97. The minimum absolute atomic E-state index is 0.490. The largest absolute Gasteiger partial charge is 0.376 e. The summed E-state index contributed by atoms with van der Waals surface area (Å²) in [6, 6.07) is 0. The molecule has 1 aliphatic rings. The average molecular weight is 186 g/mol. The summed E-state index contributed by atoms with van der Waals surface area (Å²) in [7, 11) is 0. The first-order valence-electron chi connectivity index (χ1n) is 4.68. The van der Waals surface area contributed by atoms with Crippen LogP contribution in [0.5, 0.6) is 0 Å². The van der Waals surface area contributed by atoms with Crippen molar-refractivity contribution >= 4 is 17.3 Å². The molecule has 0 unspecified atom stereocenters. The lowest BCUT2D eigenvalue weighted by Gasteiger charge is -2.26. The van der Waals surface area contributed by atoms with Crippen molar-refractivity contribution in [1.82, 2.24) is 4.90 Å². The van der Waals surface area contributed by atoms with Gasteiger partial charge in [-0.05, 0) is 36.9 Å². The molecule has 0 aromatic rings. The predicted octanol–water partition coefficient (Wildman–Crippen LogP) is 1.74. The Morgan fingerprint density at radius 2 is 2.08 bits per heavy atom. The molecule has 1 rings (SSSR count). The molecule has 1 heterocycles. The number of likely N-dealkylation sites (tertiary alicyclic amines) is 1. The fourth-order valence-electron chi connectivity index (χ4n) is 1.95. The van der Waals surface area contributed by atoms with E-state index in [9.17, 15) is 0 Å². The number of thiocarbonyl (C=S) groups is 1. The lowest BCUT2D eigenvalue weighted by Crippen LogP contribution is -2.35. The van der Waals surface area contributed by atoms with Gasteiger partial charge in [0.05, 0.1) is 0 Å².